The summed E-state index contributed by atoms with van der Waals surface area (Å²) < 4.78 is 29.3. The number of ether oxygens (including phenoxy) is 1. The largest absolute Gasteiger partial charge is 0.497 e. The summed E-state index contributed by atoms with van der Waals surface area (Å²) >= 11 is 0. The molecule has 2 N–H and O–H groups in total. The van der Waals surface area contributed by atoms with E-state index in [0.717, 1.165) is 5.69 Å². The molecule has 1 aliphatic heterocycles. The van der Waals surface area contributed by atoms with Gasteiger partial charge in [-0.15, -0.1) is 0 Å². The third kappa shape index (κ3) is 5.97. The van der Waals surface area contributed by atoms with Crippen molar-refractivity contribution >= 4 is 33.0 Å². The molecule has 1 saturated heterocycles. The van der Waals surface area contributed by atoms with Crippen LogP contribution >= 0.6 is 0 Å². The van der Waals surface area contributed by atoms with Gasteiger partial charge in [0.05, 0.1) is 31.2 Å². The molecule has 1 heterocycles. The van der Waals surface area contributed by atoms with Crippen molar-refractivity contribution in [3.05, 3.63) is 54.6 Å². The first kappa shape index (κ1) is 22.6. The zero-order valence-corrected chi connectivity index (χ0v) is 18.3. The van der Waals surface area contributed by atoms with Gasteiger partial charge in [-0.1, -0.05) is 18.2 Å². The van der Waals surface area contributed by atoms with Gasteiger partial charge in [0.25, 0.3) is 0 Å². The summed E-state index contributed by atoms with van der Waals surface area (Å²) in [5.74, 6) is -0.0244. The van der Waals surface area contributed by atoms with Crippen molar-refractivity contribution in [3.8, 4) is 5.75 Å². The van der Waals surface area contributed by atoms with Crippen molar-refractivity contribution in [1.29, 1.82) is 0 Å². The van der Waals surface area contributed by atoms with E-state index in [1.807, 2.05) is 18.2 Å². The summed E-state index contributed by atoms with van der Waals surface area (Å²) in [5, 5.41) is 0. The molecular weight excluding hydrogens is 418 g/mol. The molecular formula is C22H27N3O5S. The van der Waals surface area contributed by atoms with Gasteiger partial charge in [-0.25, -0.2) is 8.42 Å². The molecule has 1 atom stereocenters. The number of amides is 2. The minimum Gasteiger partial charge on any atom is -0.497 e. The zero-order chi connectivity index (χ0) is 22.4. The number of carbonyl (C=O) groups is 2. The Morgan fingerprint density at radius 3 is 2.29 bits per heavy atom. The summed E-state index contributed by atoms with van der Waals surface area (Å²) in [6, 6.07) is 15.8. The van der Waals surface area contributed by atoms with E-state index in [0.29, 0.717) is 17.9 Å². The van der Waals surface area contributed by atoms with E-state index in [-0.39, 0.29) is 36.9 Å². The maximum atomic E-state index is 13.4. The molecule has 0 radical (unpaired) electrons. The topological polar surface area (TPSA) is 110 Å². The molecule has 2 amide bonds. The number of nitrogens with two attached hydrogens (primary N) is 1. The second-order valence-electron chi connectivity index (χ2n) is 7.49. The lowest BCUT2D eigenvalue weighted by Crippen LogP contribution is -2.47. The van der Waals surface area contributed by atoms with Crippen LogP contribution in [0.3, 0.4) is 0 Å². The van der Waals surface area contributed by atoms with Gasteiger partial charge in [0.2, 0.25) is 11.8 Å². The summed E-state index contributed by atoms with van der Waals surface area (Å²) in [5.41, 5.74) is 6.72. The predicted octanol–water partition coefficient (Wildman–Crippen LogP) is 1.60. The number of hydrogen-bond donors (Lipinski definition) is 1. The van der Waals surface area contributed by atoms with Crippen LogP contribution in [0.25, 0.3) is 0 Å². The van der Waals surface area contributed by atoms with E-state index in [1.165, 1.54) is 0 Å². The Balaban J connectivity index is 1.87. The monoisotopic (exact) mass is 445 g/mol. The maximum absolute atomic E-state index is 13.4. The lowest BCUT2D eigenvalue weighted by atomic mass is 10.1. The van der Waals surface area contributed by atoms with Gasteiger partial charge < -0.3 is 20.3 Å². The number of methoxy groups -OCH3 is 1. The third-order valence-corrected chi connectivity index (χ3v) is 7.02. The van der Waals surface area contributed by atoms with Crippen LogP contribution < -0.4 is 20.3 Å². The molecule has 0 saturated carbocycles. The normalized spacial score (nSPS) is 17.1. The van der Waals surface area contributed by atoms with Gasteiger partial charge in [0, 0.05) is 24.3 Å². The quantitative estimate of drug-likeness (QED) is 0.628. The van der Waals surface area contributed by atoms with Gasteiger partial charge in [-0.3, -0.25) is 9.59 Å². The van der Waals surface area contributed by atoms with E-state index in [1.54, 1.807) is 53.3 Å². The number of hydrogen-bond acceptors (Lipinski definition) is 6. The molecule has 0 aliphatic carbocycles. The van der Waals surface area contributed by atoms with Crippen LogP contribution in [0.5, 0.6) is 5.75 Å². The van der Waals surface area contributed by atoms with Crippen LogP contribution in [0.4, 0.5) is 11.4 Å². The van der Waals surface area contributed by atoms with Gasteiger partial charge >= 0.3 is 0 Å². The van der Waals surface area contributed by atoms with Crippen LogP contribution in [0.15, 0.2) is 54.6 Å². The van der Waals surface area contributed by atoms with Crippen LogP contribution in [0.1, 0.15) is 12.8 Å². The Bertz CT molecular complexity index is 1010. The Labute approximate surface area is 182 Å². The molecule has 31 heavy (non-hydrogen) atoms. The van der Waals surface area contributed by atoms with E-state index >= 15 is 0 Å². The molecule has 1 fully saturated rings. The summed E-state index contributed by atoms with van der Waals surface area (Å²) in [6.45, 7) is 0.240. The van der Waals surface area contributed by atoms with Crippen molar-refractivity contribution in [2.75, 3.05) is 41.5 Å². The SMILES string of the molecule is COc1ccc(N(CCC(N)=O)CC(=O)N(c2ccccc2)C2CCS(=O)(=O)C2)cc1. The first-order valence-corrected chi connectivity index (χ1v) is 11.9. The third-order valence-electron chi connectivity index (χ3n) is 5.27. The lowest BCUT2D eigenvalue weighted by molar-refractivity contribution is -0.119. The van der Waals surface area contributed by atoms with Crippen LogP contribution in [-0.2, 0) is 19.4 Å². The standard InChI is InChI=1S/C22H27N3O5S/c1-30-20-9-7-17(8-10-20)24(13-11-21(23)26)15-22(27)25(18-5-3-2-4-6-18)19-12-14-31(28,29)16-19/h2-10,19H,11-16H2,1H3,(H2,23,26). The molecule has 2 aromatic carbocycles. The van der Waals surface area contributed by atoms with Crippen molar-refractivity contribution in [2.45, 2.75) is 18.9 Å². The van der Waals surface area contributed by atoms with Crippen molar-refractivity contribution in [3.63, 3.8) is 0 Å². The number of nitrogens with zero attached hydrogens (tertiary/aromatic N) is 2. The van der Waals surface area contributed by atoms with E-state index in [4.69, 9.17) is 10.5 Å². The Morgan fingerprint density at radius 2 is 1.74 bits per heavy atom. The molecule has 166 valence electrons. The average Bonchev–Trinajstić information content (AvgIpc) is 3.11. The first-order valence-electron chi connectivity index (χ1n) is 10.0. The second-order valence-corrected chi connectivity index (χ2v) is 9.72. The summed E-state index contributed by atoms with van der Waals surface area (Å²) in [4.78, 5) is 28.2. The van der Waals surface area contributed by atoms with Gasteiger partial charge in [0.1, 0.15) is 5.75 Å². The minimum absolute atomic E-state index is 0.0228. The molecule has 2 aromatic rings. The highest BCUT2D eigenvalue weighted by Crippen LogP contribution is 2.26. The second kappa shape index (κ2) is 9.82. The predicted molar refractivity (Wildman–Crippen MR) is 120 cm³/mol. The Hall–Kier alpha value is -3.07. The minimum atomic E-state index is -3.17. The van der Waals surface area contributed by atoms with E-state index < -0.39 is 21.8 Å². The highest BCUT2D eigenvalue weighted by atomic mass is 32.2. The molecule has 8 nitrogen and oxygen atoms in total. The van der Waals surface area contributed by atoms with Gasteiger partial charge in [-0.2, -0.15) is 0 Å². The molecule has 1 aliphatic rings. The molecule has 9 heteroatoms. The molecule has 3 rings (SSSR count). The number of rotatable bonds is 9. The molecule has 0 bridgehead atoms. The van der Waals surface area contributed by atoms with E-state index in [9.17, 15) is 18.0 Å². The number of sulfone groups is 1. The number of anilines is 2. The van der Waals surface area contributed by atoms with Crippen molar-refractivity contribution in [1.82, 2.24) is 0 Å². The number of carbonyl (C=O) groups excluding carboxylic acids is 2. The Morgan fingerprint density at radius 1 is 1.06 bits per heavy atom. The lowest BCUT2D eigenvalue weighted by Gasteiger charge is -2.32. The number of primary amides is 1. The zero-order valence-electron chi connectivity index (χ0n) is 17.4. The fraction of sp³-hybridized carbons (Fsp3) is 0.364. The van der Waals surface area contributed by atoms with Gasteiger partial charge in [0.15, 0.2) is 9.84 Å². The number of benzene rings is 2. The summed E-state index contributed by atoms with van der Waals surface area (Å²) in [6.07, 6.45) is 0.481. The smallest absolute Gasteiger partial charge is 0.246 e. The van der Waals surface area contributed by atoms with Gasteiger partial charge in [-0.05, 0) is 42.8 Å². The van der Waals surface area contributed by atoms with Crippen molar-refractivity contribution in [2.24, 2.45) is 5.73 Å². The van der Waals surface area contributed by atoms with Crippen LogP contribution in [-0.4, -0.2) is 58.0 Å². The fourth-order valence-electron chi connectivity index (χ4n) is 3.70. The highest BCUT2D eigenvalue weighted by Gasteiger charge is 2.36. The average molecular weight is 446 g/mol. The Kier molecular flexibility index (Phi) is 7.17. The first-order chi connectivity index (χ1) is 14.8. The highest BCUT2D eigenvalue weighted by molar-refractivity contribution is 7.91. The maximum Gasteiger partial charge on any atom is 0.246 e. The van der Waals surface area contributed by atoms with Crippen molar-refractivity contribution < 1.29 is 22.7 Å². The van der Waals surface area contributed by atoms with Crippen LogP contribution in [0.2, 0.25) is 0 Å². The number of para-hydroxylation sites is 1. The molecule has 1 unspecified atom stereocenters. The van der Waals surface area contributed by atoms with E-state index in [2.05, 4.69) is 0 Å². The molecule has 0 spiro atoms. The fourth-order valence-corrected chi connectivity index (χ4v) is 5.40. The van der Waals surface area contributed by atoms with Crippen LogP contribution in [0, 0.1) is 0 Å². The molecule has 0 aromatic heterocycles. The summed E-state index contributed by atoms with van der Waals surface area (Å²) in [7, 11) is -1.61.